The lowest BCUT2D eigenvalue weighted by Gasteiger charge is -2.16. The molecule has 1 N–H and O–H groups in total. The van der Waals surface area contributed by atoms with Crippen LogP contribution in [0.15, 0.2) is 18.2 Å². The molecule has 0 spiro atoms. The molecule has 0 atom stereocenters. The molecule has 0 aliphatic heterocycles. The molecule has 0 radical (unpaired) electrons. The standard InChI is InChI=1S/C12H18ClNO/c1-10-8-11(4-5-12(10)13)9-14(2)6-3-7-15/h4-5,8,15H,3,6-7,9H2,1-2H3. The Morgan fingerprint density at radius 2 is 2.13 bits per heavy atom. The highest BCUT2D eigenvalue weighted by atomic mass is 35.5. The van der Waals surface area contributed by atoms with Crippen LogP contribution in [0, 0.1) is 6.92 Å². The van der Waals surface area contributed by atoms with Crippen LogP contribution in [0.4, 0.5) is 0 Å². The van der Waals surface area contributed by atoms with Crippen LogP contribution in [-0.4, -0.2) is 30.2 Å². The first-order chi connectivity index (χ1) is 7.13. The summed E-state index contributed by atoms with van der Waals surface area (Å²) in [5.41, 5.74) is 2.38. The molecule has 1 aromatic rings. The second-order valence-corrected chi connectivity index (χ2v) is 4.31. The minimum absolute atomic E-state index is 0.254. The Hall–Kier alpha value is -0.570. The predicted molar refractivity (Wildman–Crippen MR) is 64.2 cm³/mol. The van der Waals surface area contributed by atoms with Crippen molar-refractivity contribution in [3.8, 4) is 0 Å². The van der Waals surface area contributed by atoms with E-state index in [1.165, 1.54) is 5.56 Å². The topological polar surface area (TPSA) is 23.5 Å². The summed E-state index contributed by atoms with van der Waals surface area (Å²) in [4.78, 5) is 2.19. The van der Waals surface area contributed by atoms with E-state index in [1.54, 1.807) is 0 Å². The van der Waals surface area contributed by atoms with Gasteiger partial charge >= 0.3 is 0 Å². The van der Waals surface area contributed by atoms with Crippen LogP contribution in [0.25, 0.3) is 0 Å². The molecule has 3 heteroatoms. The minimum Gasteiger partial charge on any atom is -0.396 e. The fraction of sp³-hybridized carbons (Fsp3) is 0.500. The molecule has 1 aromatic carbocycles. The summed E-state index contributed by atoms with van der Waals surface area (Å²) < 4.78 is 0. The number of aliphatic hydroxyl groups excluding tert-OH is 1. The summed E-state index contributed by atoms with van der Waals surface area (Å²) in [5.74, 6) is 0. The number of hydrogen-bond donors (Lipinski definition) is 1. The molecule has 0 unspecified atom stereocenters. The molecule has 2 nitrogen and oxygen atoms in total. The molecule has 15 heavy (non-hydrogen) atoms. The van der Waals surface area contributed by atoms with Gasteiger partial charge in [0.15, 0.2) is 0 Å². The minimum atomic E-state index is 0.254. The quantitative estimate of drug-likeness (QED) is 0.836. The van der Waals surface area contributed by atoms with Crippen LogP contribution in [0.5, 0.6) is 0 Å². The van der Waals surface area contributed by atoms with Crippen molar-refractivity contribution in [2.45, 2.75) is 19.9 Å². The number of aryl methyl sites for hydroxylation is 1. The fourth-order valence-electron chi connectivity index (χ4n) is 1.54. The van der Waals surface area contributed by atoms with Crippen molar-refractivity contribution in [3.05, 3.63) is 34.3 Å². The Bertz CT molecular complexity index is 314. The number of halogens is 1. The number of rotatable bonds is 5. The zero-order chi connectivity index (χ0) is 11.3. The van der Waals surface area contributed by atoms with Gasteiger partial charge < -0.3 is 10.0 Å². The third-order valence-corrected chi connectivity index (χ3v) is 2.80. The molecule has 84 valence electrons. The van der Waals surface area contributed by atoms with Crippen LogP contribution in [0.3, 0.4) is 0 Å². The maximum atomic E-state index is 8.72. The van der Waals surface area contributed by atoms with Gasteiger partial charge in [0.1, 0.15) is 0 Å². The Morgan fingerprint density at radius 3 is 2.73 bits per heavy atom. The third-order valence-electron chi connectivity index (χ3n) is 2.37. The van der Waals surface area contributed by atoms with E-state index in [1.807, 2.05) is 19.1 Å². The van der Waals surface area contributed by atoms with E-state index in [0.29, 0.717) is 0 Å². The van der Waals surface area contributed by atoms with Crippen molar-refractivity contribution < 1.29 is 5.11 Å². The van der Waals surface area contributed by atoms with Crippen molar-refractivity contribution in [1.29, 1.82) is 0 Å². The van der Waals surface area contributed by atoms with Crippen molar-refractivity contribution in [2.75, 3.05) is 20.2 Å². The first-order valence-corrected chi connectivity index (χ1v) is 5.55. The van der Waals surface area contributed by atoms with Gasteiger partial charge in [-0.1, -0.05) is 23.7 Å². The fourth-order valence-corrected chi connectivity index (χ4v) is 1.65. The van der Waals surface area contributed by atoms with Crippen LogP contribution < -0.4 is 0 Å². The molecule has 0 heterocycles. The maximum Gasteiger partial charge on any atom is 0.0443 e. The summed E-state index contributed by atoms with van der Waals surface area (Å²) in [6.07, 6.45) is 0.822. The van der Waals surface area contributed by atoms with Gasteiger partial charge in [0, 0.05) is 24.7 Å². The van der Waals surface area contributed by atoms with E-state index in [0.717, 1.165) is 30.1 Å². The Balaban J connectivity index is 2.53. The lowest BCUT2D eigenvalue weighted by atomic mass is 10.1. The monoisotopic (exact) mass is 227 g/mol. The highest BCUT2D eigenvalue weighted by molar-refractivity contribution is 6.31. The first-order valence-electron chi connectivity index (χ1n) is 5.18. The highest BCUT2D eigenvalue weighted by Crippen LogP contribution is 2.17. The van der Waals surface area contributed by atoms with E-state index in [2.05, 4.69) is 18.0 Å². The third kappa shape index (κ3) is 4.20. The Kier molecular flexibility index (Phi) is 5.09. The smallest absolute Gasteiger partial charge is 0.0443 e. The Morgan fingerprint density at radius 1 is 1.40 bits per heavy atom. The van der Waals surface area contributed by atoms with Crippen LogP contribution in [-0.2, 0) is 6.54 Å². The maximum absolute atomic E-state index is 8.72. The summed E-state index contributed by atoms with van der Waals surface area (Å²) in [7, 11) is 2.06. The molecular formula is C12H18ClNO. The number of hydrogen-bond acceptors (Lipinski definition) is 2. The van der Waals surface area contributed by atoms with Gasteiger partial charge in [-0.25, -0.2) is 0 Å². The molecule has 0 fully saturated rings. The average molecular weight is 228 g/mol. The number of benzene rings is 1. The molecule has 0 aliphatic carbocycles. The zero-order valence-corrected chi connectivity index (χ0v) is 10.1. The molecule has 0 bridgehead atoms. The van der Waals surface area contributed by atoms with Crippen molar-refractivity contribution in [1.82, 2.24) is 4.90 Å². The van der Waals surface area contributed by atoms with Crippen molar-refractivity contribution in [3.63, 3.8) is 0 Å². The summed E-state index contributed by atoms with van der Waals surface area (Å²) >= 11 is 5.95. The van der Waals surface area contributed by atoms with Crippen LogP contribution in [0.2, 0.25) is 5.02 Å². The van der Waals surface area contributed by atoms with E-state index < -0.39 is 0 Å². The first kappa shape index (κ1) is 12.5. The van der Waals surface area contributed by atoms with E-state index in [9.17, 15) is 0 Å². The highest BCUT2D eigenvalue weighted by Gasteiger charge is 2.01. The molecule has 0 saturated heterocycles. The van der Waals surface area contributed by atoms with Gasteiger partial charge in [0.2, 0.25) is 0 Å². The van der Waals surface area contributed by atoms with Gasteiger partial charge in [-0.15, -0.1) is 0 Å². The van der Waals surface area contributed by atoms with Crippen molar-refractivity contribution in [2.24, 2.45) is 0 Å². The normalized spacial score (nSPS) is 11.0. The van der Waals surface area contributed by atoms with Gasteiger partial charge in [-0.3, -0.25) is 0 Å². The SMILES string of the molecule is Cc1cc(CN(C)CCCO)ccc1Cl. The molecule has 1 rings (SSSR count). The summed E-state index contributed by atoms with van der Waals surface area (Å²) in [6.45, 7) is 4.08. The van der Waals surface area contributed by atoms with Gasteiger partial charge in [-0.2, -0.15) is 0 Å². The summed E-state index contributed by atoms with van der Waals surface area (Å²) in [6, 6.07) is 6.09. The molecular weight excluding hydrogens is 210 g/mol. The number of nitrogens with zero attached hydrogens (tertiary/aromatic N) is 1. The number of aliphatic hydroxyl groups is 1. The zero-order valence-electron chi connectivity index (χ0n) is 9.33. The van der Waals surface area contributed by atoms with Gasteiger partial charge in [-0.05, 0) is 37.6 Å². The van der Waals surface area contributed by atoms with Crippen molar-refractivity contribution >= 4 is 11.6 Å². The molecule has 0 aromatic heterocycles. The molecule has 0 aliphatic rings. The summed E-state index contributed by atoms with van der Waals surface area (Å²) in [5, 5.41) is 9.53. The lowest BCUT2D eigenvalue weighted by molar-refractivity contribution is 0.244. The van der Waals surface area contributed by atoms with E-state index >= 15 is 0 Å². The predicted octanol–water partition coefficient (Wildman–Crippen LogP) is 2.46. The van der Waals surface area contributed by atoms with E-state index in [4.69, 9.17) is 16.7 Å². The second-order valence-electron chi connectivity index (χ2n) is 3.90. The molecule has 0 saturated carbocycles. The van der Waals surface area contributed by atoms with Gasteiger partial charge in [0.25, 0.3) is 0 Å². The largest absolute Gasteiger partial charge is 0.396 e. The second kappa shape index (κ2) is 6.11. The Labute approximate surface area is 96.5 Å². The van der Waals surface area contributed by atoms with E-state index in [-0.39, 0.29) is 6.61 Å². The van der Waals surface area contributed by atoms with Crippen LogP contribution >= 0.6 is 11.6 Å². The van der Waals surface area contributed by atoms with Gasteiger partial charge in [0.05, 0.1) is 0 Å². The molecule has 0 amide bonds. The lowest BCUT2D eigenvalue weighted by Crippen LogP contribution is -2.19. The average Bonchev–Trinajstić information content (AvgIpc) is 2.20. The van der Waals surface area contributed by atoms with Crippen LogP contribution in [0.1, 0.15) is 17.5 Å².